The van der Waals surface area contributed by atoms with Crippen molar-refractivity contribution >= 4 is 43.6 Å². The van der Waals surface area contributed by atoms with Crippen molar-refractivity contribution in [2.75, 3.05) is 41.5 Å². The minimum atomic E-state index is -3.42. The molecule has 2 N–H and O–H groups in total. The maximum atomic E-state index is 11.8. The number of rotatable bonds is 2. The van der Waals surface area contributed by atoms with E-state index in [-0.39, 0.29) is 15.5 Å². The van der Waals surface area contributed by atoms with Crippen molar-refractivity contribution in [2.24, 2.45) is 0 Å². The van der Waals surface area contributed by atoms with Gasteiger partial charge in [-0.2, -0.15) is 17.0 Å². The number of hydrogen-bond acceptors (Lipinski definition) is 7. The first kappa shape index (κ1) is 13.5. The Morgan fingerprint density at radius 3 is 2.50 bits per heavy atom. The number of nitrogens with two attached hydrogens (primary N) is 1. The lowest BCUT2D eigenvalue weighted by Crippen LogP contribution is -2.32. The average Bonchev–Trinajstić information content (AvgIpc) is 2.67. The van der Waals surface area contributed by atoms with Gasteiger partial charge in [0.25, 0.3) is 0 Å². The molecule has 1 fully saturated rings. The Labute approximate surface area is 114 Å². The maximum absolute atomic E-state index is 11.8. The Morgan fingerprint density at radius 2 is 2.00 bits per heavy atom. The van der Waals surface area contributed by atoms with Crippen LogP contribution in [-0.2, 0) is 9.84 Å². The number of nitriles is 1. The number of thioether (sulfide) groups is 1. The number of nitrogen functional groups attached to an aromatic ring is 1. The second-order valence-corrected chi connectivity index (χ2v) is 8.14. The minimum Gasteiger partial charge on any atom is -0.396 e. The SMILES string of the molecule is CS(=O)(=O)c1c(N2CCSCC2)sc(C#N)c1N. The quantitative estimate of drug-likeness (QED) is 0.882. The summed E-state index contributed by atoms with van der Waals surface area (Å²) in [5, 5.41) is 9.60. The Bertz CT molecular complexity index is 595. The fourth-order valence-corrected chi connectivity index (χ4v) is 5.29. The lowest BCUT2D eigenvalue weighted by atomic mass is 10.4. The zero-order chi connectivity index (χ0) is 13.3. The Balaban J connectivity index is 2.56. The van der Waals surface area contributed by atoms with Gasteiger partial charge in [-0.15, -0.1) is 11.3 Å². The van der Waals surface area contributed by atoms with Crippen molar-refractivity contribution in [2.45, 2.75) is 4.90 Å². The summed E-state index contributed by atoms with van der Waals surface area (Å²) in [7, 11) is -3.42. The molecule has 18 heavy (non-hydrogen) atoms. The molecule has 1 aliphatic rings. The molecule has 0 aromatic carbocycles. The fraction of sp³-hybridized carbons (Fsp3) is 0.500. The van der Waals surface area contributed by atoms with Crippen LogP contribution in [0.4, 0.5) is 10.7 Å². The van der Waals surface area contributed by atoms with E-state index in [9.17, 15) is 8.42 Å². The molecule has 0 aliphatic carbocycles. The predicted octanol–water partition coefficient (Wildman–Crippen LogP) is 1.16. The highest BCUT2D eigenvalue weighted by Gasteiger charge is 2.28. The molecule has 1 aromatic rings. The zero-order valence-corrected chi connectivity index (χ0v) is 12.3. The maximum Gasteiger partial charge on any atom is 0.180 e. The van der Waals surface area contributed by atoms with Crippen molar-refractivity contribution in [3.63, 3.8) is 0 Å². The summed E-state index contributed by atoms with van der Waals surface area (Å²) in [5.41, 5.74) is 5.88. The molecule has 0 unspecified atom stereocenters. The van der Waals surface area contributed by atoms with Gasteiger partial charge in [0.15, 0.2) is 9.84 Å². The third-order valence-electron chi connectivity index (χ3n) is 2.65. The molecule has 0 saturated carbocycles. The molecule has 0 radical (unpaired) electrons. The Morgan fingerprint density at radius 1 is 1.39 bits per heavy atom. The van der Waals surface area contributed by atoms with Crippen LogP contribution in [0.25, 0.3) is 0 Å². The molecule has 2 rings (SSSR count). The second kappa shape index (κ2) is 4.99. The largest absolute Gasteiger partial charge is 0.396 e. The van der Waals surface area contributed by atoms with Crippen LogP contribution in [0.3, 0.4) is 0 Å². The number of nitrogens with zero attached hydrogens (tertiary/aromatic N) is 2. The Hall–Kier alpha value is -0.910. The highest BCUT2D eigenvalue weighted by molar-refractivity contribution is 7.99. The van der Waals surface area contributed by atoms with Gasteiger partial charge in [-0.05, 0) is 0 Å². The molecule has 5 nitrogen and oxygen atoms in total. The molecule has 1 aliphatic heterocycles. The van der Waals surface area contributed by atoms with Gasteiger partial charge in [-0.3, -0.25) is 0 Å². The zero-order valence-electron chi connectivity index (χ0n) is 9.84. The molecule has 0 amide bonds. The van der Waals surface area contributed by atoms with Gasteiger partial charge in [0.05, 0.1) is 5.69 Å². The lowest BCUT2D eigenvalue weighted by Gasteiger charge is -2.27. The molecule has 1 aromatic heterocycles. The Kier molecular flexibility index (Phi) is 3.75. The van der Waals surface area contributed by atoms with Crippen LogP contribution in [0, 0.1) is 11.3 Å². The van der Waals surface area contributed by atoms with Crippen LogP contribution >= 0.6 is 23.1 Å². The van der Waals surface area contributed by atoms with E-state index in [1.54, 1.807) is 0 Å². The first-order chi connectivity index (χ1) is 8.45. The first-order valence-electron chi connectivity index (χ1n) is 5.30. The number of hydrogen-bond donors (Lipinski definition) is 1. The number of sulfone groups is 1. The fourth-order valence-electron chi connectivity index (χ4n) is 1.83. The van der Waals surface area contributed by atoms with Crippen LogP contribution in [0.1, 0.15) is 4.88 Å². The summed E-state index contributed by atoms with van der Waals surface area (Å²) in [6.07, 6.45) is 1.13. The number of anilines is 2. The molecule has 8 heteroatoms. The topological polar surface area (TPSA) is 87.2 Å². The van der Waals surface area contributed by atoms with E-state index in [1.807, 2.05) is 22.7 Å². The average molecular weight is 303 g/mol. The summed E-state index contributed by atoms with van der Waals surface area (Å²) in [5.74, 6) is 1.92. The molecule has 0 spiro atoms. The smallest absolute Gasteiger partial charge is 0.180 e. The monoisotopic (exact) mass is 303 g/mol. The predicted molar refractivity (Wildman–Crippen MR) is 76.1 cm³/mol. The molecular weight excluding hydrogens is 290 g/mol. The summed E-state index contributed by atoms with van der Waals surface area (Å²) in [6, 6.07) is 1.96. The van der Waals surface area contributed by atoms with Gasteiger partial charge in [-0.25, -0.2) is 8.42 Å². The van der Waals surface area contributed by atoms with Gasteiger partial charge in [0.2, 0.25) is 0 Å². The van der Waals surface area contributed by atoms with Crippen molar-refractivity contribution < 1.29 is 8.42 Å². The van der Waals surface area contributed by atoms with E-state index in [1.165, 1.54) is 11.3 Å². The highest BCUT2D eigenvalue weighted by atomic mass is 32.2. The summed E-state index contributed by atoms with van der Waals surface area (Å²) in [6.45, 7) is 1.58. The van der Waals surface area contributed by atoms with E-state index in [2.05, 4.69) is 0 Å². The van der Waals surface area contributed by atoms with Crippen molar-refractivity contribution in [1.29, 1.82) is 5.26 Å². The minimum absolute atomic E-state index is 0.0956. The van der Waals surface area contributed by atoms with Crippen LogP contribution in [0.2, 0.25) is 0 Å². The summed E-state index contributed by atoms with van der Waals surface area (Å²) >= 11 is 3.01. The lowest BCUT2D eigenvalue weighted by molar-refractivity contribution is 0.602. The van der Waals surface area contributed by atoms with Crippen LogP contribution in [0.15, 0.2) is 4.90 Å². The van der Waals surface area contributed by atoms with E-state index in [0.717, 1.165) is 30.9 Å². The first-order valence-corrected chi connectivity index (χ1v) is 9.16. The molecule has 0 bridgehead atoms. The standard InChI is InChI=1S/C10H13N3O2S3/c1-18(14,15)9-8(12)7(6-11)17-10(9)13-2-4-16-5-3-13/h2-5,12H2,1H3. The van der Waals surface area contributed by atoms with E-state index < -0.39 is 9.84 Å². The molecule has 98 valence electrons. The van der Waals surface area contributed by atoms with Crippen LogP contribution in [0.5, 0.6) is 0 Å². The normalized spacial score (nSPS) is 16.6. The van der Waals surface area contributed by atoms with Crippen molar-refractivity contribution in [3.05, 3.63) is 4.88 Å². The third kappa shape index (κ3) is 2.43. The van der Waals surface area contributed by atoms with Crippen molar-refractivity contribution in [1.82, 2.24) is 0 Å². The van der Waals surface area contributed by atoms with Crippen molar-refractivity contribution in [3.8, 4) is 6.07 Å². The van der Waals surface area contributed by atoms with E-state index in [4.69, 9.17) is 11.0 Å². The summed E-state index contributed by atoms with van der Waals surface area (Å²) < 4.78 is 23.7. The van der Waals surface area contributed by atoms with Gasteiger partial charge in [0.1, 0.15) is 20.8 Å². The van der Waals surface area contributed by atoms with Gasteiger partial charge >= 0.3 is 0 Å². The third-order valence-corrected chi connectivity index (χ3v) is 6.05. The van der Waals surface area contributed by atoms with Gasteiger partial charge < -0.3 is 10.6 Å². The summed E-state index contributed by atoms with van der Waals surface area (Å²) in [4.78, 5) is 2.41. The van der Waals surface area contributed by atoms with Crippen LogP contribution in [-0.4, -0.2) is 39.3 Å². The molecule has 1 saturated heterocycles. The van der Waals surface area contributed by atoms with Gasteiger partial charge in [0, 0.05) is 30.9 Å². The molecular formula is C10H13N3O2S3. The second-order valence-electron chi connectivity index (χ2n) is 3.96. The van der Waals surface area contributed by atoms with Gasteiger partial charge in [-0.1, -0.05) is 0 Å². The molecule has 2 heterocycles. The number of thiophene rings is 1. The van der Waals surface area contributed by atoms with E-state index >= 15 is 0 Å². The highest BCUT2D eigenvalue weighted by Crippen LogP contribution is 2.41. The molecule has 0 atom stereocenters. The van der Waals surface area contributed by atoms with Crippen LogP contribution < -0.4 is 10.6 Å². The van der Waals surface area contributed by atoms with E-state index in [0.29, 0.717) is 5.00 Å².